The summed E-state index contributed by atoms with van der Waals surface area (Å²) in [5, 5.41) is 63.9. The summed E-state index contributed by atoms with van der Waals surface area (Å²) >= 11 is 0. The first-order valence-electron chi connectivity index (χ1n) is 27.3. The third-order valence-electron chi connectivity index (χ3n) is 16.2. The van der Waals surface area contributed by atoms with Crippen LogP contribution in [0.2, 0.25) is 0 Å². The summed E-state index contributed by atoms with van der Waals surface area (Å²) in [5.41, 5.74) is -3.61. The molecular formula is C59H93N2O10P. The largest absolute Gasteiger partial charge is 0.388 e. The van der Waals surface area contributed by atoms with Crippen LogP contribution in [0.25, 0.3) is 0 Å². The normalized spacial score (nSPS) is 32.7. The van der Waals surface area contributed by atoms with Crippen molar-refractivity contribution in [1.82, 2.24) is 9.80 Å². The molecule has 0 radical (unpaired) electrons. The maximum atomic E-state index is 14.3. The van der Waals surface area contributed by atoms with E-state index in [0.717, 1.165) is 31.8 Å². The Balaban J connectivity index is 1.21. The maximum absolute atomic E-state index is 14.3. The number of aliphatic hydroxyl groups excluding tert-OH is 3. The van der Waals surface area contributed by atoms with Crippen molar-refractivity contribution < 1.29 is 49.3 Å². The molecule has 3 aromatic rings. The minimum absolute atomic E-state index is 0.0967. The number of unbranched alkanes of at least 4 members (excludes halogenated alkanes) is 8. The van der Waals surface area contributed by atoms with E-state index in [4.69, 9.17) is 14.2 Å². The molecule has 0 aromatic heterocycles. The molecule has 13 heteroatoms. The van der Waals surface area contributed by atoms with Crippen LogP contribution in [0, 0.1) is 17.8 Å². The van der Waals surface area contributed by atoms with E-state index in [1.165, 1.54) is 55.4 Å². The first-order chi connectivity index (χ1) is 34.2. The van der Waals surface area contributed by atoms with Gasteiger partial charge in [-0.25, -0.2) is 0 Å². The summed E-state index contributed by atoms with van der Waals surface area (Å²) in [6, 6.07) is 32.2. The topological polar surface area (TPSA) is 169 Å². The molecule has 404 valence electrons. The predicted molar refractivity (Wildman–Crippen MR) is 292 cm³/mol. The third-order valence-corrected chi connectivity index (χ3v) is 21.3. The van der Waals surface area contributed by atoms with Crippen LogP contribution in [0.15, 0.2) is 91.0 Å². The monoisotopic (exact) mass is 1020 g/mol. The minimum Gasteiger partial charge on any atom is -0.388 e. The number of carbonyl (C=O) groups excluding carboxylic acids is 2. The van der Waals surface area contributed by atoms with Gasteiger partial charge in [0.2, 0.25) is 0 Å². The van der Waals surface area contributed by atoms with Crippen LogP contribution >= 0.6 is 7.26 Å². The molecule has 0 bridgehead atoms. The number of hydrogen-bond acceptors (Lipinski definition) is 11. The Kier molecular flexibility index (Phi) is 22.7. The van der Waals surface area contributed by atoms with Crippen molar-refractivity contribution in [2.24, 2.45) is 17.8 Å². The first kappa shape index (κ1) is 59.6. The van der Waals surface area contributed by atoms with Crippen LogP contribution in [-0.2, 0) is 23.8 Å². The molecule has 0 saturated carbocycles. The molecule has 1 amide bonds. The Hall–Kier alpha value is -3.29. The van der Waals surface area contributed by atoms with Gasteiger partial charge in [0.1, 0.15) is 23.9 Å². The van der Waals surface area contributed by atoms with Crippen molar-refractivity contribution in [3.63, 3.8) is 0 Å². The van der Waals surface area contributed by atoms with Gasteiger partial charge in [0.05, 0.1) is 35.9 Å². The van der Waals surface area contributed by atoms with Crippen LogP contribution in [0.1, 0.15) is 139 Å². The van der Waals surface area contributed by atoms with Gasteiger partial charge in [0.25, 0.3) is 0 Å². The number of esters is 1. The molecule has 5 N–H and O–H groups in total. The molecule has 72 heavy (non-hydrogen) atoms. The van der Waals surface area contributed by atoms with Crippen molar-refractivity contribution in [2.45, 2.75) is 205 Å². The number of rotatable bonds is 19. The molecule has 14 atom stereocenters. The van der Waals surface area contributed by atoms with Gasteiger partial charge in [-0.05, 0) is 73.9 Å². The second kappa shape index (κ2) is 27.5. The van der Waals surface area contributed by atoms with Crippen molar-refractivity contribution in [3.8, 4) is 0 Å². The van der Waals surface area contributed by atoms with Crippen LogP contribution in [0.4, 0.5) is 0 Å². The predicted octanol–water partition coefficient (Wildman–Crippen LogP) is 7.50. The zero-order valence-corrected chi connectivity index (χ0v) is 46.4. The van der Waals surface area contributed by atoms with Gasteiger partial charge < -0.3 is 49.5 Å². The van der Waals surface area contributed by atoms with Crippen LogP contribution < -0.4 is 15.9 Å². The molecule has 0 unspecified atom stereocenters. The summed E-state index contributed by atoms with van der Waals surface area (Å²) in [7, 11) is 1.51. The van der Waals surface area contributed by atoms with Gasteiger partial charge >= 0.3 is 196 Å². The molecule has 12 nitrogen and oxygen atoms in total. The van der Waals surface area contributed by atoms with Crippen LogP contribution in [0.3, 0.4) is 0 Å². The van der Waals surface area contributed by atoms with E-state index >= 15 is 0 Å². The Bertz CT molecular complexity index is 1960. The molecule has 2 heterocycles. The molecule has 3 aromatic carbocycles. The summed E-state index contributed by atoms with van der Waals surface area (Å²) in [6.45, 7) is 13.6. The molecule has 2 saturated heterocycles. The van der Waals surface area contributed by atoms with Crippen LogP contribution in [0.5, 0.6) is 0 Å². The van der Waals surface area contributed by atoms with E-state index in [0.29, 0.717) is 12.8 Å². The molecule has 0 spiro atoms. The standard InChI is InChI=1S/C59H93N2O10P/c1-11-50-59(8,68)54(65)45(6)61(40-41(2)39-58(7,67)55(43(4)52(63)44(5)56(66)70-50)71-57-53(64)49(60(9)10)38-42(3)69-57)51(62)36-28-17-15-13-12-14-16-18-29-37-72(46-30-22-19-23-31-46,47-32-24-20-25-33-47)48-34-26-21-27-35-48/h19-27,30-35,41-45,49-50,52-55,57,63-65,67-68,72H,11-18,28-29,36-40H2,1-10H3/t41-,42-,43+,44-,45-,49+,50-,52+,53-,54-,55-,57+,58-,59-/m1/s1. The van der Waals surface area contributed by atoms with Crippen LogP contribution in [-0.4, -0.2) is 140 Å². The van der Waals surface area contributed by atoms with Gasteiger partial charge in [0.15, 0.2) is 6.29 Å². The zero-order valence-electron chi connectivity index (χ0n) is 45.4. The molecular weight excluding hydrogens is 928 g/mol. The van der Waals surface area contributed by atoms with E-state index < -0.39 is 79.1 Å². The summed E-state index contributed by atoms with van der Waals surface area (Å²) in [4.78, 5) is 31.6. The second-order valence-electron chi connectivity index (χ2n) is 22.4. The Morgan fingerprint density at radius 1 is 0.750 bits per heavy atom. The fraction of sp³-hybridized carbons (Fsp3) is 0.661. The van der Waals surface area contributed by atoms with Gasteiger partial charge in [-0.1, -0.05) is 20.8 Å². The Labute approximate surface area is 433 Å². The summed E-state index contributed by atoms with van der Waals surface area (Å²) in [5.74, 6) is -3.32. The summed E-state index contributed by atoms with van der Waals surface area (Å²) in [6.07, 6.45) is 4.04. The number of benzene rings is 3. The van der Waals surface area contributed by atoms with Crippen molar-refractivity contribution in [2.75, 3.05) is 26.8 Å². The van der Waals surface area contributed by atoms with E-state index in [1.54, 1.807) is 32.6 Å². The number of ether oxygens (including phenoxy) is 3. The van der Waals surface area contributed by atoms with Crippen molar-refractivity contribution >= 4 is 35.1 Å². The quantitative estimate of drug-likeness (QED) is 0.0458. The van der Waals surface area contributed by atoms with E-state index in [2.05, 4.69) is 91.0 Å². The third kappa shape index (κ3) is 15.0. The molecule has 2 aliphatic heterocycles. The van der Waals surface area contributed by atoms with E-state index in [1.807, 2.05) is 32.8 Å². The number of hydrogen-bond donors (Lipinski definition) is 5. The Morgan fingerprint density at radius 3 is 1.72 bits per heavy atom. The van der Waals surface area contributed by atoms with Crippen molar-refractivity contribution in [3.05, 3.63) is 91.0 Å². The molecule has 2 fully saturated rings. The zero-order chi connectivity index (χ0) is 52.8. The Morgan fingerprint density at radius 2 is 1.24 bits per heavy atom. The minimum atomic E-state index is -2.23. The fourth-order valence-electron chi connectivity index (χ4n) is 12.0. The number of aliphatic hydroxyl groups is 5. The second-order valence-corrected chi connectivity index (χ2v) is 26.5. The average molecular weight is 1020 g/mol. The van der Waals surface area contributed by atoms with Crippen molar-refractivity contribution in [1.29, 1.82) is 0 Å². The maximum Gasteiger partial charge on any atom is 0.126 e. The first-order valence-corrected chi connectivity index (χ1v) is 29.5. The number of carbonyl (C=O) groups is 2. The van der Waals surface area contributed by atoms with E-state index in [-0.39, 0.29) is 49.8 Å². The molecule has 2 aliphatic rings. The SMILES string of the molecule is CC[C@H]1OC(=O)[C@H](C)[C@@H](O)[C@H](C)[C@@H](O[C@@H]2O[C@H](C)C[C@H](N(C)C)[C@H]2O)[C@](C)(O)C[C@@H](C)CN(C(=O)CCCCCCCCCCC[PH](c2ccccc2)(c2ccccc2)c2ccccc2)[C@H](C)[C@@H](O)[C@]1(C)O. The van der Waals surface area contributed by atoms with Gasteiger partial charge in [-0.3, -0.25) is 9.59 Å². The van der Waals surface area contributed by atoms with Gasteiger partial charge in [-0.15, -0.1) is 0 Å². The fourth-order valence-corrected chi connectivity index (χ4v) is 16.9. The van der Waals surface area contributed by atoms with Gasteiger partial charge in [0, 0.05) is 18.5 Å². The van der Waals surface area contributed by atoms with E-state index in [9.17, 15) is 35.1 Å². The average Bonchev–Trinajstić information content (AvgIpc) is 3.36. The van der Waals surface area contributed by atoms with Gasteiger partial charge in [-0.2, -0.15) is 0 Å². The smallest absolute Gasteiger partial charge is 0.126 e. The number of nitrogens with zero attached hydrogens (tertiary/aromatic N) is 2. The molecule has 5 rings (SSSR count). The number of likely N-dealkylation sites (N-methyl/N-ethyl adjacent to an activating group) is 1. The molecule has 0 aliphatic carbocycles. The summed E-state index contributed by atoms with van der Waals surface area (Å²) < 4.78 is 18.6. The number of amides is 1. The number of cyclic esters (lactones) is 1.